The Kier molecular flexibility index (Phi) is 4.71. The van der Waals surface area contributed by atoms with E-state index >= 15 is 0 Å². The Morgan fingerprint density at radius 1 is 1.35 bits per heavy atom. The van der Waals surface area contributed by atoms with Gasteiger partial charge >= 0.3 is 0 Å². The maximum Gasteiger partial charge on any atom is 0.270 e. The summed E-state index contributed by atoms with van der Waals surface area (Å²) in [4.78, 5) is 19.2. The number of anilines is 1. The molecule has 0 unspecified atom stereocenters. The zero-order chi connectivity index (χ0) is 17.9. The number of para-hydroxylation sites is 1. The Labute approximate surface area is 156 Å². The summed E-state index contributed by atoms with van der Waals surface area (Å²) in [5.41, 5.74) is 2.67. The Balaban J connectivity index is 1.31. The monoisotopic (exact) mass is 367 g/mol. The van der Waals surface area contributed by atoms with Crippen molar-refractivity contribution in [2.24, 2.45) is 13.0 Å². The topological polar surface area (TPSA) is 63.1 Å². The fourth-order valence-corrected chi connectivity index (χ4v) is 4.02. The summed E-state index contributed by atoms with van der Waals surface area (Å²) in [5.74, 6) is 0.366. The van der Waals surface area contributed by atoms with E-state index in [9.17, 15) is 4.79 Å². The van der Waals surface area contributed by atoms with Crippen molar-refractivity contribution in [2.75, 3.05) is 24.5 Å². The number of aromatic nitrogens is 3. The molecule has 6 nitrogen and oxygen atoms in total. The maximum atomic E-state index is 12.4. The second kappa shape index (κ2) is 7.29. The first-order valence-corrected chi connectivity index (χ1v) is 9.60. The van der Waals surface area contributed by atoms with Gasteiger partial charge in [-0.25, -0.2) is 4.98 Å². The number of carbonyl (C=O) groups is 1. The molecular formula is C19H21N5OS. The molecule has 1 aliphatic rings. The zero-order valence-corrected chi connectivity index (χ0v) is 15.4. The lowest BCUT2D eigenvalue weighted by atomic mass is 10.1. The van der Waals surface area contributed by atoms with Crippen molar-refractivity contribution in [1.29, 1.82) is 0 Å². The zero-order valence-electron chi connectivity index (χ0n) is 14.6. The molecule has 3 aromatic rings. The van der Waals surface area contributed by atoms with Crippen molar-refractivity contribution in [3.05, 3.63) is 53.8 Å². The molecule has 0 spiro atoms. The van der Waals surface area contributed by atoms with Gasteiger partial charge in [0.1, 0.15) is 10.7 Å². The lowest BCUT2D eigenvalue weighted by Crippen LogP contribution is -2.31. The fraction of sp³-hybridized carbons (Fsp3) is 0.316. The molecule has 0 bridgehead atoms. The van der Waals surface area contributed by atoms with E-state index in [4.69, 9.17) is 0 Å². The van der Waals surface area contributed by atoms with E-state index in [0.29, 0.717) is 18.2 Å². The molecule has 1 aliphatic heterocycles. The molecule has 3 heterocycles. The van der Waals surface area contributed by atoms with Crippen molar-refractivity contribution >= 4 is 22.9 Å². The molecule has 26 heavy (non-hydrogen) atoms. The maximum absolute atomic E-state index is 12.4. The number of rotatable bonds is 5. The summed E-state index contributed by atoms with van der Waals surface area (Å²) in [5, 5.41) is 9.81. The molecular weight excluding hydrogens is 346 g/mol. The number of hydrogen-bond acceptors (Lipinski definition) is 5. The predicted molar refractivity (Wildman–Crippen MR) is 103 cm³/mol. The van der Waals surface area contributed by atoms with Gasteiger partial charge in [-0.05, 0) is 24.5 Å². The highest BCUT2D eigenvalue weighted by atomic mass is 32.1. The van der Waals surface area contributed by atoms with Gasteiger partial charge in [-0.1, -0.05) is 18.2 Å². The highest BCUT2D eigenvalue weighted by molar-refractivity contribution is 7.13. The molecule has 1 amide bonds. The van der Waals surface area contributed by atoms with Gasteiger partial charge in [0, 0.05) is 49.5 Å². The number of thiazole rings is 1. The minimum Gasteiger partial charge on any atom is -0.371 e. The molecule has 7 heteroatoms. The van der Waals surface area contributed by atoms with Gasteiger partial charge in [0.25, 0.3) is 5.91 Å². The third-order valence-electron chi connectivity index (χ3n) is 4.65. The highest BCUT2D eigenvalue weighted by Crippen LogP contribution is 2.24. The first kappa shape index (κ1) is 16.8. The van der Waals surface area contributed by atoms with Gasteiger partial charge < -0.3 is 10.2 Å². The van der Waals surface area contributed by atoms with Crippen LogP contribution in [0.5, 0.6) is 0 Å². The Bertz CT molecular complexity index is 888. The van der Waals surface area contributed by atoms with Crippen molar-refractivity contribution in [3.8, 4) is 10.6 Å². The van der Waals surface area contributed by atoms with Crippen LogP contribution in [0.15, 0.2) is 48.1 Å². The minimum atomic E-state index is -0.102. The quantitative estimate of drug-likeness (QED) is 0.753. The predicted octanol–water partition coefficient (Wildman–Crippen LogP) is 2.80. The van der Waals surface area contributed by atoms with Crippen LogP contribution in [0.25, 0.3) is 10.6 Å². The van der Waals surface area contributed by atoms with E-state index in [1.165, 1.54) is 17.0 Å². The van der Waals surface area contributed by atoms with Crippen LogP contribution in [0.3, 0.4) is 0 Å². The molecule has 0 radical (unpaired) electrons. The van der Waals surface area contributed by atoms with Gasteiger partial charge in [-0.2, -0.15) is 5.10 Å². The number of carbonyl (C=O) groups excluding carboxylic acids is 1. The first-order valence-electron chi connectivity index (χ1n) is 8.72. The van der Waals surface area contributed by atoms with Crippen molar-refractivity contribution in [1.82, 2.24) is 20.1 Å². The summed E-state index contributed by atoms with van der Waals surface area (Å²) in [6.45, 7) is 2.69. The van der Waals surface area contributed by atoms with Gasteiger partial charge in [0.2, 0.25) is 0 Å². The highest BCUT2D eigenvalue weighted by Gasteiger charge is 2.23. The Morgan fingerprint density at radius 2 is 2.19 bits per heavy atom. The average Bonchev–Trinajstić information content (AvgIpc) is 3.40. The summed E-state index contributed by atoms with van der Waals surface area (Å²) < 4.78 is 1.73. The van der Waals surface area contributed by atoms with Crippen LogP contribution in [-0.2, 0) is 7.05 Å². The van der Waals surface area contributed by atoms with E-state index in [1.54, 1.807) is 10.9 Å². The first-order chi connectivity index (χ1) is 12.7. The van der Waals surface area contributed by atoms with Crippen LogP contribution in [0.2, 0.25) is 0 Å². The SMILES string of the molecule is Cn1cc(-c2nc(C(=O)NC[C@H]3CCN(c4ccccc4)C3)cs2)cn1. The fourth-order valence-electron chi connectivity index (χ4n) is 3.24. The molecule has 2 aromatic heterocycles. The third kappa shape index (κ3) is 3.62. The molecule has 1 atom stereocenters. The number of amides is 1. The van der Waals surface area contributed by atoms with Crippen LogP contribution >= 0.6 is 11.3 Å². The van der Waals surface area contributed by atoms with Crippen LogP contribution in [0.4, 0.5) is 5.69 Å². The summed E-state index contributed by atoms with van der Waals surface area (Å²) >= 11 is 1.47. The largest absolute Gasteiger partial charge is 0.371 e. The summed E-state index contributed by atoms with van der Waals surface area (Å²) in [6.07, 6.45) is 4.75. The summed E-state index contributed by atoms with van der Waals surface area (Å²) in [7, 11) is 1.87. The van der Waals surface area contributed by atoms with Gasteiger partial charge in [-0.15, -0.1) is 11.3 Å². The normalized spacial score (nSPS) is 16.8. The van der Waals surface area contributed by atoms with Gasteiger partial charge in [-0.3, -0.25) is 9.48 Å². The van der Waals surface area contributed by atoms with E-state index in [1.807, 2.05) is 24.7 Å². The second-order valence-corrected chi connectivity index (χ2v) is 7.44. The molecule has 0 saturated carbocycles. The minimum absolute atomic E-state index is 0.102. The molecule has 1 fully saturated rings. The van der Waals surface area contributed by atoms with E-state index < -0.39 is 0 Å². The molecule has 1 N–H and O–H groups in total. The Morgan fingerprint density at radius 3 is 2.96 bits per heavy atom. The summed E-state index contributed by atoms with van der Waals surface area (Å²) in [6, 6.07) is 10.4. The lowest BCUT2D eigenvalue weighted by molar-refractivity contribution is 0.0944. The van der Waals surface area contributed by atoms with Crippen LogP contribution < -0.4 is 10.2 Å². The Hall–Kier alpha value is -2.67. The van der Waals surface area contributed by atoms with Crippen LogP contribution in [0.1, 0.15) is 16.9 Å². The third-order valence-corrected chi connectivity index (χ3v) is 5.54. The van der Waals surface area contributed by atoms with E-state index in [2.05, 4.69) is 44.6 Å². The van der Waals surface area contributed by atoms with E-state index in [0.717, 1.165) is 30.1 Å². The smallest absolute Gasteiger partial charge is 0.270 e. The van der Waals surface area contributed by atoms with Crippen LogP contribution in [0, 0.1) is 5.92 Å². The molecule has 1 saturated heterocycles. The molecule has 0 aliphatic carbocycles. The standard InChI is InChI=1S/C19H21N5OS/c1-23-12-15(10-21-23)19-22-17(13-26-19)18(25)20-9-14-7-8-24(11-14)16-5-3-2-4-6-16/h2-6,10,12-14H,7-9,11H2,1H3,(H,20,25)/t14-/m1/s1. The van der Waals surface area contributed by atoms with Gasteiger partial charge in [0.15, 0.2) is 0 Å². The number of nitrogens with one attached hydrogen (secondary N) is 1. The number of aryl methyl sites for hydroxylation is 1. The molecule has 134 valence electrons. The van der Waals surface area contributed by atoms with Crippen molar-refractivity contribution in [2.45, 2.75) is 6.42 Å². The van der Waals surface area contributed by atoms with Crippen molar-refractivity contribution < 1.29 is 4.79 Å². The average molecular weight is 367 g/mol. The molecule has 1 aromatic carbocycles. The molecule has 4 rings (SSSR count). The second-order valence-electron chi connectivity index (χ2n) is 6.59. The number of benzene rings is 1. The number of hydrogen-bond donors (Lipinski definition) is 1. The van der Waals surface area contributed by atoms with Crippen LogP contribution in [-0.4, -0.2) is 40.3 Å². The van der Waals surface area contributed by atoms with E-state index in [-0.39, 0.29) is 5.91 Å². The number of nitrogens with zero attached hydrogens (tertiary/aromatic N) is 4. The van der Waals surface area contributed by atoms with Gasteiger partial charge in [0.05, 0.1) is 6.20 Å². The van der Waals surface area contributed by atoms with Crippen molar-refractivity contribution in [3.63, 3.8) is 0 Å². The lowest BCUT2D eigenvalue weighted by Gasteiger charge is -2.18.